The maximum absolute atomic E-state index is 14.3. The second kappa shape index (κ2) is 24.1. The minimum absolute atomic E-state index is 0.0238. The Morgan fingerprint density at radius 3 is 2.41 bits per heavy atom. The molecule has 4 N–H and O–H groups in total. The fourth-order valence-corrected chi connectivity index (χ4v) is 9.04. The van der Waals surface area contributed by atoms with Gasteiger partial charge in [-0.25, -0.2) is 9.59 Å². The lowest BCUT2D eigenvalue weighted by Crippen LogP contribution is -2.70. The Morgan fingerprint density at radius 2 is 1.73 bits per heavy atom. The van der Waals surface area contributed by atoms with Gasteiger partial charge in [-0.15, -0.1) is 18.2 Å². The molecule has 0 saturated heterocycles. The molecular weight excluding hydrogens is 850 g/mol. The summed E-state index contributed by atoms with van der Waals surface area (Å²) in [5, 5.41) is 37.0. The topological polar surface area (TPSA) is 196 Å². The number of nitrogens with one attached hydrogen (secondary N) is 1. The van der Waals surface area contributed by atoms with Crippen LogP contribution in [0.3, 0.4) is 0 Å². The Bertz CT molecular complexity index is 1920. The highest BCUT2D eigenvalue weighted by Gasteiger charge is 2.65. The number of halogens is 1. The summed E-state index contributed by atoms with van der Waals surface area (Å²) in [6.07, 6.45) is 6.65. The largest absolute Gasteiger partial charge is 0.497 e. The third-order valence-electron chi connectivity index (χ3n) is 11.6. The number of ether oxygens (including phenoxy) is 7. The lowest BCUT2D eigenvalue weighted by Gasteiger charge is -2.59. The van der Waals surface area contributed by atoms with Gasteiger partial charge in [-0.2, -0.15) is 0 Å². The molecule has 64 heavy (non-hydrogen) atoms. The SMILES string of the molecule is C=CCOC12Oc3ccc(OC(=O)Nc4ccc(OC)cc4OC)cc3C3C(CCCCO)C(CCCCO)C=C(C(=NOC(C)(C)C)CC1N(CCOCCO)C(=O)OCCCl)C32. The van der Waals surface area contributed by atoms with Crippen molar-refractivity contribution in [3.8, 4) is 23.0 Å². The molecule has 1 saturated carbocycles. The maximum atomic E-state index is 14.3. The summed E-state index contributed by atoms with van der Waals surface area (Å²) in [6, 6.07) is 9.31. The molecule has 2 aromatic carbocycles. The van der Waals surface area contributed by atoms with Crippen molar-refractivity contribution in [1.82, 2.24) is 4.90 Å². The number of hydrogen-bond acceptors (Lipinski definition) is 14. The van der Waals surface area contributed by atoms with Crippen LogP contribution in [-0.2, 0) is 19.0 Å². The monoisotopic (exact) mass is 915 g/mol. The molecule has 5 rings (SSSR count). The molecule has 354 valence electrons. The molecule has 1 fully saturated rings. The summed E-state index contributed by atoms with van der Waals surface area (Å²) in [7, 11) is 3.03. The fraction of sp³-hybridized carbons (Fsp3) is 0.596. The van der Waals surface area contributed by atoms with Gasteiger partial charge >= 0.3 is 12.2 Å². The first-order valence-electron chi connectivity index (χ1n) is 22.0. The molecule has 16 nitrogen and oxygen atoms in total. The van der Waals surface area contributed by atoms with E-state index in [1.54, 1.807) is 36.4 Å². The summed E-state index contributed by atoms with van der Waals surface area (Å²) < 4.78 is 42.4. The first kappa shape index (κ1) is 50.4. The molecule has 6 unspecified atom stereocenters. The molecule has 2 aromatic rings. The van der Waals surface area contributed by atoms with E-state index in [2.05, 4.69) is 18.0 Å². The number of rotatable bonds is 24. The summed E-state index contributed by atoms with van der Waals surface area (Å²) in [6.45, 7) is 9.70. The van der Waals surface area contributed by atoms with Gasteiger partial charge in [-0.3, -0.25) is 10.2 Å². The van der Waals surface area contributed by atoms with Gasteiger partial charge in [-0.1, -0.05) is 30.1 Å². The first-order chi connectivity index (χ1) is 30.9. The van der Waals surface area contributed by atoms with Crippen LogP contribution in [0.5, 0.6) is 23.0 Å². The number of hydrogen-bond donors (Lipinski definition) is 4. The standard InChI is InChI=1S/C47H66ClN3O13/c1-7-23-61-47-41(51(19-25-59-26-22-54)45(56)60-24-18-48)30-38(50-64-46(2,3)4)35-27-31(12-8-10-20-52)34(13-9-11-21-53)42(43(35)47)36-28-33(15-17-39(36)63-47)62-44(55)49-37-16-14-32(57-5)29-40(37)58-6/h7,14-17,27-29,31,34,41-43,52-54H,1,8-13,18-26,30H2,2-6H3,(H,49,55). The van der Waals surface area contributed by atoms with Crippen molar-refractivity contribution in [2.24, 2.45) is 22.9 Å². The normalized spacial score (nSPS) is 22.9. The molecule has 1 aliphatic heterocycles. The van der Waals surface area contributed by atoms with Crippen LogP contribution in [0.4, 0.5) is 15.3 Å². The zero-order chi connectivity index (χ0) is 46.3. The van der Waals surface area contributed by atoms with E-state index in [4.69, 9.17) is 54.8 Å². The first-order valence-corrected chi connectivity index (χ1v) is 22.6. The molecule has 1 heterocycles. The van der Waals surface area contributed by atoms with Crippen LogP contribution < -0.4 is 24.3 Å². The number of nitrogens with zero attached hydrogens (tertiary/aromatic N) is 2. The number of unbranched alkanes of at least 4 members (excludes halogenated alkanes) is 2. The molecule has 0 radical (unpaired) electrons. The van der Waals surface area contributed by atoms with E-state index in [0.29, 0.717) is 54.3 Å². The predicted molar refractivity (Wildman–Crippen MR) is 242 cm³/mol. The summed E-state index contributed by atoms with van der Waals surface area (Å²) in [5.41, 5.74) is 1.87. The third-order valence-corrected chi connectivity index (χ3v) is 11.7. The van der Waals surface area contributed by atoms with Gasteiger partial charge in [0.2, 0.25) is 5.79 Å². The average Bonchev–Trinajstić information content (AvgIpc) is 3.28. The highest BCUT2D eigenvalue weighted by Crippen LogP contribution is 2.62. The van der Waals surface area contributed by atoms with Crippen molar-refractivity contribution in [1.29, 1.82) is 0 Å². The fourth-order valence-electron chi connectivity index (χ4n) is 8.96. The summed E-state index contributed by atoms with van der Waals surface area (Å²) in [4.78, 5) is 35.5. The Morgan fingerprint density at radius 1 is 0.984 bits per heavy atom. The van der Waals surface area contributed by atoms with Crippen molar-refractivity contribution in [2.45, 2.75) is 89.1 Å². The van der Waals surface area contributed by atoms with E-state index in [9.17, 15) is 24.9 Å². The number of oxime groups is 1. The van der Waals surface area contributed by atoms with Gasteiger partial charge in [0.15, 0.2) is 0 Å². The van der Waals surface area contributed by atoms with Crippen LogP contribution in [0.25, 0.3) is 0 Å². The minimum atomic E-state index is -1.58. The molecule has 0 spiro atoms. The number of amides is 2. The van der Waals surface area contributed by atoms with Crippen molar-refractivity contribution in [3.05, 3.63) is 66.3 Å². The number of carbonyl (C=O) groups is 2. The quantitative estimate of drug-likeness (QED) is 0.0352. The van der Waals surface area contributed by atoms with E-state index >= 15 is 0 Å². The lowest BCUT2D eigenvalue weighted by atomic mass is 9.55. The number of aliphatic hydroxyl groups excluding tert-OH is 3. The number of anilines is 1. The molecular formula is C47H66ClN3O13. The number of fused-ring (bicyclic) bond motifs is 2. The van der Waals surface area contributed by atoms with Crippen molar-refractivity contribution in [3.63, 3.8) is 0 Å². The van der Waals surface area contributed by atoms with E-state index in [-0.39, 0.29) is 82.7 Å². The van der Waals surface area contributed by atoms with Gasteiger partial charge in [0.1, 0.15) is 41.2 Å². The van der Waals surface area contributed by atoms with Crippen LogP contribution in [0.1, 0.15) is 77.2 Å². The Kier molecular flexibility index (Phi) is 19.0. The predicted octanol–water partition coefficient (Wildman–Crippen LogP) is 7.43. The molecule has 0 bridgehead atoms. The number of benzene rings is 2. The van der Waals surface area contributed by atoms with Crippen molar-refractivity contribution >= 4 is 35.2 Å². The number of carbonyl (C=O) groups excluding carboxylic acids is 2. The van der Waals surface area contributed by atoms with Gasteiger partial charge < -0.3 is 53.3 Å². The Hall–Kier alpha value is -4.58. The zero-order valence-electron chi connectivity index (χ0n) is 37.7. The van der Waals surface area contributed by atoms with Crippen LogP contribution >= 0.6 is 11.6 Å². The van der Waals surface area contributed by atoms with E-state index in [1.807, 2.05) is 26.8 Å². The number of alkyl halides is 1. The molecule has 6 atom stereocenters. The smallest absolute Gasteiger partial charge is 0.417 e. The van der Waals surface area contributed by atoms with Gasteiger partial charge in [0.05, 0.1) is 63.8 Å². The Balaban J connectivity index is 1.73. The van der Waals surface area contributed by atoms with Crippen molar-refractivity contribution < 1.29 is 62.9 Å². The molecule has 3 aliphatic rings. The lowest BCUT2D eigenvalue weighted by molar-refractivity contribution is -0.256. The van der Waals surface area contributed by atoms with Crippen LogP contribution in [0.2, 0.25) is 0 Å². The van der Waals surface area contributed by atoms with E-state index in [1.165, 1.54) is 19.1 Å². The summed E-state index contributed by atoms with van der Waals surface area (Å²) >= 11 is 6.03. The second-order valence-corrected chi connectivity index (χ2v) is 17.3. The van der Waals surface area contributed by atoms with Crippen LogP contribution in [0.15, 0.2) is 65.9 Å². The van der Waals surface area contributed by atoms with Gasteiger partial charge in [0, 0.05) is 43.7 Å². The van der Waals surface area contributed by atoms with E-state index < -0.39 is 41.5 Å². The maximum Gasteiger partial charge on any atom is 0.417 e. The molecule has 17 heteroatoms. The summed E-state index contributed by atoms with van der Waals surface area (Å²) in [5.74, 6) is -1.02. The van der Waals surface area contributed by atoms with Gasteiger partial charge in [0.25, 0.3) is 0 Å². The zero-order valence-corrected chi connectivity index (χ0v) is 38.5. The number of methoxy groups -OCH3 is 2. The van der Waals surface area contributed by atoms with Crippen LogP contribution in [-0.4, -0.2) is 128 Å². The minimum Gasteiger partial charge on any atom is -0.497 e. The van der Waals surface area contributed by atoms with Crippen LogP contribution in [0, 0.1) is 17.8 Å². The molecule has 2 aliphatic carbocycles. The third kappa shape index (κ3) is 12.4. The highest BCUT2D eigenvalue weighted by molar-refractivity contribution is 6.18. The second-order valence-electron chi connectivity index (χ2n) is 16.9. The average molecular weight is 917 g/mol. The van der Waals surface area contributed by atoms with Gasteiger partial charge in [-0.05, 0) is 94.2 Å². The highest BCUT2D eigenvalue weighted by atomic mass is 35.5. The van der Waals surface area contributed by atoms with E-state index in [0.717, 1.165) is 24.0 Å². The molecule has 0 aromatic heterocycles. The Labute approximate surface area is 381 Å². The number of aliphatic hydroxyl groups is 3. The molecule has 2 amide bonds. The number of allylic oxidation sites excluding steroid dienone is 1. The van der Waals surface area contributed by atoms with Crippen molar-refractivity contribution in [2.75, 3.05) is 78.2 Å².